The molecule has 112 valence electrons. The summed E-state index contributed by atoms with van der Waals surface area (Å²) in [4.78, 5) is 2.49. The summed E-state index contributed by atoms with van der Waals surface area (Å²) in [5.74, 6) is 0.761. The van der Waals surface area contributed by atoms with E-state index in [2.05, 4.69) is 11.8 Å². The third kappa shape index (κ3) is 3.25. The normalized spacial score (nSPS) is 18.9. The molecule has 2 rings (SSSR count). The number of hydrogen-bond acceptors (Lipinski definition) is 4. The third-order valence-electron chi connectivity index (χ3n) is 4.22. The van der Waals surface area contributed by atoms with Gasteiger partial charge in [-0.3, -0.25) is 4.90 Å². The summed E-state index contributed by atoms with van der Waals surface area (Å²) >= 11 is 0. The van der Waals surface area contributed by atoms with Gasteiger partial charge in [0.05, 0.1) is 6.61 Å². The average Bonchev–Trinajstić information content (AvgIpc) is 2.97. The second kappa shape index (κ2) is 6.46. The number of nitrogens with two attached hydrogens (primary N) is 1. The van der Waals surface area contributed by atoms with Crippen LogP contribution < -0.4 is 10.5 Å². The van der Waals surface area contributed by atoms with E-state index in [0.717, 1.165) is 25.1 Å². The molecule has 3 N–H and O–H groups in total. The molecule has 1 aliphatic heterocycles. The van der Waals surface area contributed by atoms with Crippen LogP contribution >= 0.6 is 0 Å². The zero-order valence-corrected chi connectivity index (χ0v) is 12.6. The summed E-state index contributed by atoms with van der Waals surface area (Å²) in [5.41, 5.74) is 7.18. The van der Waals surface area contributed by atoms with E-state index >= 15 is 0 Å². The SMILES string of the molecule is CCOc1cc(CC(C)(CN)N2CCCC2)ccc1O. The smallest absolute Gasteiger partial charge is 0.161 e. The van der Waals surface area contributed by atoms with Gasteiger partial charge in [-0.1, -0.05) is 6.07 Å². The molecule has 1 heterocycles. The molecule has 0 aliphatic carbocycles. The number of phenols is 1. The molecule has 0 spiro atoms. The molecule has 20 heavy (non-hydrogen) atoms. The summed E-state index contributed by atoms with van der Waals surface area (Å²) in [6, 6.07) is 5.60. The zero-order chi connectivity index (χ0) is 14.6. The first-order chi connectivity index (χ1) is 9.59. The molecular weight excluding hydrogens is 252 g/mol. The summed E-state index contributed by atoms with van der Waals surface area (Å²) < 4.78 is 5.46. The van der Waals surface area contributed by atoms with Gasteiger partial charge in [0.2, 0.25) is 0 Å². The van der Waals surface area contributed by atoms with Crippen molar-refractivity contribution in [3.63, 3.8) is 0 Å². The summed E-state index contributed by atoms with van der Waals surface area (Å²) in [6.07, 6.45) is 3.40. The quantitative estimate of drug-likeness (QED) is 0.837. The molecule has 0 amide bonds. The first-order valence-electron chi connectivity index (χ1n) is 7.49. The molecule has 0 aromatic heterocycles. The Morgan fingerprint density at radius 1 is 1.35 bits per heavy atom. The predicted molar refractivity (Wildman–Crippen MR) is 81.2 cm³/mol. The second-order valence-corrected chi connectivity index (χ2v) is 5.81. The Balaban J connectivity index is 2.16. The highest BCUT2D eigenvalue weighted by Gasteiger charge is 2.32. The highest BCUT2D eigenvalue weighted by molar-refractivity contribution is 5.42. The van der Waals surface area contributed by atoms with Gasteiger partial charge in [-0.05, 0) is 63.9 Å². The van der Waals surface area contributed by atoms with Crippen molar-refractivity contribution in [2.24, 2.45) is 5.73 Å². The molecule has 1 aromatic carbocycles. The van der Waals surface area contributed by atoms with Crippen molar-refractivity contribution in [1.82, 2.24) is 4.90 Å². The van der Waals surface area contributed by atoms with E-state index in [0.29, 0.717) is 18.9 Å². The van der Waals surface area contributed by atoms with Crippen molar-refractivity contribution >= 4 is 0 Å². The number of likely N-dealkylation sites (tertiary alicyclic amines) is 1. The number of benzene rings is 1. The lowest BCUT2D eigenvalue weighted by Crippen LogP contribution is -2.51. The maximum atomic E-state index is 9.77. The fourth-order valence-electron chi connectivity index (χ4n) is 2.95. The van der Waals surface area contributed by atoms with Gasteiger partial charge in [0.1, 0.15) is 0 Å². The fourth-order valence-corrected chi connectivity index (χ4v) is 2.95. The number of aromatic hydroxyl groups is 1. The van der Waals surface area contributed by atoms with Crippen LogP contribution in [-0.2, 0) is 6.42 Å². The molecular formula is C16H26N2O2. The molecule has 0 bridgehead atoms. The van der Waals surface area contributed by atoms with Gasteiger partial charge in [-0.2, -0.15) is 0 Å². The minimum Gasteiger partial charge on any atom is -0.504 e. The minimum atomic E-state index is -0.0169. The first-order valence-corrected chi connectivity index (χ1v) is 7.49. The largest absolute Gasteiger partial charge is 0.504 e. The topological polar surface area (TPSA) is 58.7 Å². The van der Waals surface area contributed by atoms with Crippen molar-refractivity contribution in [3.8, 4) is 11.5 Å². The molecule has 1 saturated heterocycles. The van der Waals surface area contributed by atoms with Crippen molar-refractivity contribution < 1.29 is 9.84 Å². The van der Waals surface area contributed by atoms with Gasteiger partial charge in [-0.25, -0.2) is 0 Å². The minimum absolute atomic E-state index is 0.0169. The Hall–Kier alpha value is -1.26. The van der Waals surface area contributed by atoms with Crippen molar-refractivity contribution in [2.45, 2.75) is 38.6 Å². The first kappa shape index (κ1) is 15.1. The Bertz CT molecular complexity index is 444. The molecule has 4 heteroatoms. The highest BCUT2D eigenvalue weighted by atomic mass is 16.5. The maximum Gasteiger partial charge on any atom is 0.161 e. The van der Waals surface area contributed by atoms with Gasteiger partial charge in [0, 0.05) is 12.1 Å². The number of rotatable bonds is 6. The van der Waals surface area contributed by atoms with Crippen LogP contribution in [0.4, 0.5) is 0 Å². The van der Waals surface area contributed by atoms with Gasteiger partial charge in [0.15, 0.2) is 11.5 Å². The molecule has 0 radical (unpaired) electrons. The lowest BCUT2D eigenvalue weighted by Gasteiger charge is -2.38. The van der Waals surface area contributed by atoms with Crippen LogP contribution in [-0.4, -0.2) is 41.8 Å². The van der Waals surface area contributed by atoms with E-state index in [9.17, 15) is 5.11 Å². The lowest BCUT2D eigenvalue weighted by molar-refractivity contribution is 0.143. The number of phenolic OH excluding ortho intramolecular Hbond substituents is 1. The zero-order valence-electron chi connectivity index (χ0n) is 12.6. The average molecular weight is 278 g/mol. The van der Waals surface area contributed by atoms with E-state index in [4.69, 9.17) is 10.5 Å². The van der Waals surface area contributed by atoms with Crippen LogP contribution in [0, 0.1) is 0 Å². The third-order valence-corrected chi connectivity index (χ3v) is 4.22. The van der Waals surface area contributed by atoms with E-state index in [1.54, 1.807) is 6.07 Å². The van der Waals surface area contributed by atoms with E-state index in [1.165, 1.54) is 12.8 Å². The summed E-state index contributed by atoms with van der Waals surface area (Å²) in [6.45, 7) is 7.59. The van der Waals surface area contributed by atoms with Gasteiger partial charge >= 0.3 is 0 Å². The van der Waals surface area contributed by atoms with E-state index in [-0.39, 0.29) is 11.3 Å². The predicted octanol–water partition coefficient (Wildman–Crippen LogP) is 2.15. The standard InChI is InChI=1S/C16H26N2O2/c1-3-20-15-10-13(6-7-14(15)19)11-16(2,12-17)18-8-4-5-9-18/h6-7,10,19H,3-5,8-9,11-12,17H2,1-2H3. The maximum absolute atomic E-state index is 9.77. The van der Waals surface area contributed by atoms with Crippen molar-refractivity contribution in [3.05, 3.63) is 23.8 Å². The van der Waals surface area contributed by atoms with Crippen LogP contribution in [0.3, 0.4) is 0 Å². The molecule has 1 unspecified atom stereocenters. The van der Waals surface area contributed by atoms with Crippen molar-refractivity contribution in [2.75, 3.05) is 26.2 Å². The number of ether oxygens (including phenoxy) is 1. The van der Waals surface area contributed by atoms with Crippen LogP contribution in [0.2, 0.25) is 0 Å². The van der Waals surface area contributed by atoms with Crippen molar-refractivity contribution in [1.29, 1.82) is 0 Å². The highest BCUT2D eigenvalue weighted by Crippen LogP contribution is 2.30. The molecule has 0 saturated carbocycles. The molecule has 4 nitrogen and oxygen atoms in total. The Labute approximate surface area is 121 Å². The van der Waals surface area contributed by atoms with Crippen LogP contribution in [0.5, 0.6) is 11.5 Å². The molecule has 1 aromatic rings. The Kier molecular flexibility index (Phi) is 4.89. The van der Waals surface area contributed by atoms with Crippen LogP contribution in [0.1, 0.15) is 32.3 Å². The fraction of sp³-hybridized carbons (Fsp3) is 0.625. The molecule has 1 aliphatic rings. The van der Waals surface area contributed by atoms with Crippen LogP contribution in [0.15, 0.2) is 18.2 Å². The summed E-state index contributed by atoms with van der Waals surface area (Å²) in [5, 5.41) is 9.77. The van der Waals surface area contributed by atoms with Crippen LogP contribution in [0.25, 0.3) is 0 Å². The second-order valence-electron chi connectivity index (χ2n) is 5.81. The Morgan fingerprint density at radius 3 is 2.65 bits per heavy atom. The summed E-state index contributed by atoms with van der Waals surface area (Å²) in [7, 11) is 0. The molecule has 1 atom stereocenters. The monoisotopic (exact) mass is 278 g/mol. The van der Waals surface area contributed by atoms with Gasteiger partial charge < -0.3 is 15.6 Å². The van der Waals surface area contributed by atoms with E-state index in [1.807, 2.05) is 19.1 Å². The van der Waals surface area contributed by atoms with E-state index < -0.39 is 0 Å². The Morgan fingerprint density at radius 2 is 2.05 bits per heavy atom. The van der Waals surface area contributed by atoms with Gasteiger partial charge in [0.25, 0.3) is 0 Å². The molecule has 1 fully saturated rings. The van der Waals surface area contributed by atoms with Gasteiger partial charge in [-0.15, -0.1) is 0 Å². The number of nitrogens with zero attached hydrogens (tertiary/aromatic N) is 1. The lowest BCUT2D eigenvalue weighted by atomic mass is 9.91. The number of hydrogen-bond donors (Lipinski definition) is 2.